The lowest BCUT2D eigenvalue weighted by atomic mass is 9.89. The molecule has 4 nitrogen and oxygen atoms in total. The first-order valence-corrected chi connectivity index (χ1v) is 11.2. The van der Waals surface area contributed by atoms with Crippen LogP contribution in [0.1, 0.15) is 91.4 Å². The van der Waals surface area contributed by atoms with Crippen LogP contribution >= 0.6 is 0 Å². The minimum atomic E-state index is -0.329. The van der Waals surface area contributed by atoms with Gasteiger partial charge in [-0.3, -0.25) is 9.59 Å². The van der Waals surface area contributed by atoms with Crippen LogP contribution in [0.5, 0.6) is 0 Å². The topological polar surface area (TPSA) is 55.4 Å². The average molecular weight is 390 g/mol. The van der Waals surface area contributed by atoms with Gasteiger partial charge in [-0.05, 0) is 29.9 Å². The van der Waals surface area contributed by atoms with E-state index in [2.05, 4.69) is 26.1 Å². The fourth-order valence-electron chi connectivity index (χ4n) is 3.91. The molecule has 0 saturated carbocycles. The summed E-state index contributed by atoms with van der Waals surface area (Å²) < 4.78 is 5.75. The van der Waals surface area contributed by atoms with Gasteiger partial charge in [0.15, 0.2) is 5.78 Å². The number of hydrogen-bond donors (Lipinski definition) is 1. The van der Waals surface area contributed by atoms with Crippen molar-refractivity contribution in [1.82, 2.24) is 5.32 Å². The molecule has 1 unspecified atom stereocenters. The molecule has 1 amide bonds. The van der Waals surface area contributed by atoms with Gasteiger partial charge in [0.1, 0.15) is 0 Å². The second-order valence-corrected chi connectivity index (χ2v) is 9.52. The van der Waals surface area contributed by atoms with E-state index in [1.54, 1.807) is 12.2 Å². The summed E-state index contributed by atoms with van der Waals surface area (Å²) in [5.41, 5.74) is 2.18. The Balaban J connectivity index is 1.43. The number of carbonyl (C=O) groups is 2. The van der Waals surface area contributed by atoms with Crippen molar-refractivity contribution < 1.29 is 14.3 Å². The van der Waals surface area contributed by atoms with E-state index in [-0.39, 0.29) is 17.6 Å². The van der Waals surface area contributed by atoms with Crippen molar-refractivity contribution in [2.75, 3.05) is 13.2 Å². The average Bonchev–Trinajstić information content (AvgIpc) is 3.00. The van der Waals surface area contributed by atoms with E-state index in [9.17, 15) is 9.59 Å². The number of nitrogens with one attached hydrogen (secondary N) is 1. The van der Waals surface area contributed by atoms with Crippen molar-refractivity contribution in [1.29, 1.82) is 0 Å². The van der Waals surface area contributed by atoms with Crippen LogP contribution in [0.15, 0.2) is 23.4 Å². The largest absolute Gasteiger partial charge is 0.380 e. The third kappa shape index (κ3) is 8.30. The quantitative estimate of drug-likeness (QED) is 0.424. The van der Waals surface area contributed by atoms with E-state index in [0.717, 1.165) is 17.7 Å². The standard InChI is InChI=1S/C24H39NO3/c1-24(2,3)15-11-9-7-5-4-6-8-10-12-16-28-18-20-21(26)14-13-19-17-22(27)25-23(19)20/h13-14,20H,4-12,15-18H2,1-3H3,(H,25,27). The summed E-state index contributed by atoms with van der Waals surface area (Å²) in [6, 6.07) is 0. The molecule has 0 saturated heterocycles. The van der Waals surface area contributed by atoms with Crippen molar-refractivity contribution in [2.45, 2.75) is 91.4 Å². The highest BCUT2D eigenvalue weighted by molar-refractivity contribution is 5.99. The Morgan fingerprint density at radius 1 is 0.929 bits per heavy atom. The molecule has 2 rings (SSSR count). The molecular weight excluding hydrogens is 350 g/mol. The van der Waals surface area contributed by atoms with Gasteiger partial charge >= 0.3 is 0 Å². The highest BCUT2D eigenvalue weighted by atomic mass is 16.5. The minimum Gasteiger partial charge on any atom is -0.380 e. The summed E-state index contributed by atoms with van der Waals surface area (Å²) >= 11 is 0. The molecule has 0 fully saturated rings. The van der Waals surface area contributed by atoms with Crippen LogP contribution in [0.4, 0.5) is 0 Å². The van der Waals surface area contributed by atoms with Gasteiger partial charge in [-0.2, -0.15) is 0 Å². The molecular formula is C24H39NO3. The van der Waals surface area contributed by atoms with Gasteiger partial charge in [-0.25, -0.2) is 0 Å². The maximum Gasteiger partial charge on any atom is 0.228 e. The Morgan fingerprint density at radius 3 is 2.18 bits per heavy atom. The molecule has 1 aliphatic carbocycles. The van der Waals surface area contributed by atoms with Crippen LogP contribution in [0.2, 0.25) is 0 Å². The Labute approximate surface area is 171 Å². The Kier molecular flexibility index (Phi) is 9.43. The SMILES string of the molecule is CC(C)(C)CCCCCCCCCCCOCC1C(=O)C=CC2=C1NC(=O)C2. The lowest BCUT2D eigenvalue weighted by Crippen LogP contribution is -2.30. The fourth-order valence-corrected chi connectivity index (χ4v) is 3.91. The second-order valence-electron chi connectivity index (χ2n) is 9.52. The van der Waals surface area contributed by atoms with Crippen molar-refractivity contribution >= 4 is 11.7 Å². The highest BCUT2D eigenvalue weighted by Gasteiger charge is 2.32. The smallest absolute Gasteiger partial charge is 0.228 e. The summed E-state index contributed by atoms with van der Waals surface area (Å²) in [7, 11) is 0. The number of ketones is 1. The minimum absolute atomic E-state index is 0.0245. The first-order chi connectivity index (χ1) is 13.4. The molecule has 1 heterocycles. The molecule has 1 N–H and O–H groups in total. The molecule has 0 aromatic heterocycles. The molecule has 1 atom stereocenters. The van der Waals surface area contributed by atoms with Gasteiger partial charge < -0.3 is 10.1 Å². The third-order valence-corrected chi connectivity index (χ3v) is 5.61. The van der Waals surface area contributed by atoms with Crippen LogP contribution in [-0.2, 0) is 14.3 Å². The number of unbranched alkanes of at least 4 members (excludes halogenated alkanes) is 8. The summed E-state index contributed by atoms with van der Waals surface area (Å²) in [6.07, 6.45) is 16.7. The normalized spacial score (nSPS) is 19.3. The Morgan fingerprint density at radius 2 is 1.54 bits per heavy atom. The van der Waals surface area contributed by atoms with E-state index in [0.29, 0.717) is 25.0 Å². The van der Waals surface area contributed by atoms with E-state index in [1.165, 1.54) is 57.8 Å². The lowest BCUT2D eigenvalue weighted by Gasteiger charge is -2.19. The number of allylic oxidation sites excluding steroid dienone is 2. The molecule has 0 aromatic rings. The number of amides is 1. The first kappa shape index (κ1) is 22.9. The van der Waals surface area contributed by atoms with Crippen molar-refractivity contribution in [3.8, 4) is 0 Å². The zero-order valence-electron chi connectivity index (χ0n) is 18.1. The summed E-state index contributed by atoms with van der Waals surface area (Å²) in [5, 5.41) is 2.83. The van der Waals surface area contributed by atoms with Gasteiger partial charge in [0.05, 0.1) is 18.9 Å². The van der Waals surface area contributed by atoms with Gasteiger partial charge in [0.2, 0.25) is 5.91 Å². The summed E-state index contributed by atoms with van der Waals surface area (Å²) in [5.74, 6) is -0.322. The van der Waals surface area contributed by atoms with Crippen LogP contribution in [0.3, 0.4) is 0 Å². The highest BCUT2D eigenvalue weighted by Crippen LogP contribution is 2.28. The van der Waals surface area contributed by atoms with Gasteiger partial charge in [0, 0.05) is 12.3 Å². The van der Waals surface area contributed by atoms with Crippen LogP contribution < -0.4 is 5.32 Å². The van der Waals surface area contributed by atoms with Crippen molar-refractivity contribution in [2.24, 2.45) is 11.3 Å². The molecule has 0 spiro atoms. The molecule has 158 valence electrons. The second kappa shape index (κ2) is 11.5. The van der Waals surface area contributed by atoms with E-state index >= 15 is 0 Å². The number of rotatable bonds is 13. The van der Waals surface area contributed by atoms with Crippen LogP contribution in [0.25, 0.3) is 0 Å². The predicted octanol–water partition coefficient (Wildman–Crippen LogP) is 5.48. The fraction of sp³-hybridized carbons (Fsp3) is 0.750. The summed E-state index contributed by atoms with van der Waals surface area (Å²) in [4.78, 5) is 23.6. The Bertz CT molecular complexity index is 583. The van der Waals surface area contributed by atoms with E-state index < -0.39 is 0 Å². The van der Waals surface area contributed by atoms with Crippen molar-refractivity contribution in [3.05, 3.63) is 23.4 Å². The maximum absolute atomic E-state index is 12.1. The summed E-state index contributed by atoms with van der Waals surface area (Å²) in [6.45, 7) is 8.03. The zero-order valence-corrected chi connectivity index (χ0v) is 18.1. The predicted molar refractivity (Wildman–Crippen MR) is 114 cm³/mol. The molecule has 4 heteroatoms. The van der Waals surface area contributed by atoms with Crippen LogP contribution in [-0.4, -0.2) is 24.9 Å². The molecule has 1 aliphatic heterocycles. The van der Waals surface area contributed by atoms with Gasteiger partial charge in [0.25, 0.3) is 0 Å². The van der Waals surface area contributed by atoms with E-state index in [1.807, 2.05) is 0 Å². The van der Waals surface area contributed by atoms with Gasteiger partial charge in [-0.15, -0.1) is 0 Å². The molecule has 0 bridgehead atoms. The molecule has 2 aliphatic rings. The third-order valence-electron chi connectivity index (χ3n) is 5.61. The first-order valence-electron chi connectivity index (χ1n) is 11.2. The Hall–Kier alpha value is -1.42. The van der Waals surface area contributed by atoms with Gasteiger partial charge in [-0.1, -0.05) is 78.2 Å². The van der Waals surface area contributed by atoms with E-state index in [4.69, 9.17) is 4.74 Å². The number of ether oxygens (including phenoxy) is 1. The van der Waals surface area contributed by atoms with Crippen molar-refractivity contribution in [3.63, 3.8) is 0 Å². The number of hydrogen-bond acceptors (Lipinski definition) is 3. The zero-order chi connectivity index (χ0) is 20.4. The van der Waals surface area contributed by atoms with Crippen LogP contribution in [0, 0.1) is 11.3 Å². The molecule has 0 aromatic carbocycles. The molecule has 0 radical (unpaired) electrons. The number of carbonyl (C=O) groups excluding carboxylic acids is 2. The maximum atomic E-state index is 12.1. The lowest BCUT2D eigenvalue weighted by molar-refractivity contribution is -0.119. The molecule has 28 heavy (non-hydrogen) atoms. The monoisotopic (exact) mass is 389 g/mol.